The summed E-state index contributed by atoms with van der Waals surface area (Å²) in [6.45, 7) is 9.14. The molecule has 4 rings (SSSR count). The van der Waals surface area contributed by atoms with E-state index in [4.69, 9.17) is 4.98 Å². The molecule has 0 radical (unpaired) electrons. The Hall–Kier alpha value is -2.74. The van der Waals surface area contributed by atoms with Gasteiger partial charge in [0.05, 0.1) is 12.0 Å². The molecule has 2 aliphatic rings. The van der Waals surface area contributed by atoms with Gasteiger partial charge in [0.2, 0.25) is 11.8 Å². The van der Waals surface area contributed by atoms with E-state index in [9.17, 15) is 9.59 Å². The molecule has 2 N–H and O–H groups in total. The van der Waals surface area contributed by atoms with Crippen LogP contribution in [0.5, 0.6) is 0 Å². The van der Waals surface area contributed by atoms with Gasteiger partial charge in [-0.2, -0.15) is 5.10 Å². The molecular formula is C24H34N6O2. The first-order chi connectivity index (χ1) is 15.4. The number of amides is 2. The fourth-order valence-electron chi connectivity index (χ4n) is 4.90. The molecule has 0 unspecified atom stereocenters. The van der Waals surface area contributed by atoms with Crippen LogP contribution in [-0.4, -0.2) is 75.1 Å². The zero-order chi connectivity index (χ0) is 22.7. The Bertz CT molecular complexity index is 920. The smallest absolute Gasteiger partial charge is 0.222 e. The molecule has 2 amide bonds. The second-order valence-corrected chi connectivity index (χ2v) is 9.40. The minimum Gasteiger partial charge on any atom is -0.351 e. The third-order valence-electron chi connectivity index (χ3n) is 6.79. The number of rotatable bonds is 6. The minimum absolute atomic E-state index is 0.0989. The van der Waals surface area contributed by atoms with E-state index >= 15 is 0 Å². The van der Waals surface area contributed by atoms with Crippen LogP contribution >= 0.6 is 0 Å². The maximum absolute atomic E-state index is 13.1. The van der Waals surface area contributed by atoms with Crippen molar-refractivity contribution in [3.05, 3.63) is 36.2 Å². The van der Waals surface area contributed by atoms with Crippen LogP contribution < -0.4 is 5.32 Å². The van der Waals surface area contributed by atoms with E-state index in [0.717, 1.165) is 31.5 Å². The van der Waals surface area contributed by atoms with Gasteiger partial charge in [0.25, 0.3) is 0 Å². The zero-order valence-electron chi connectivity index (χ0n) is 19.3. The third-order valence-corrected chi connectivity index (χ3v) is 6.79. The molecule has 2 aromatic rings. The highest BCUT2D eigenvalue weighted by Crippen LogP contribution is 2.29. The molecule has 2 aliphatic heterocycles. The molecule has 32 heavy (non-hydrogen) atoms. The molecule has 3 heterocycles. The topological polar surface area (TPSA) is 94.2 Å². The summed E-state index contributed by atoms with van der Waals surface area (Å²) in [5, 5.41) is 10.4. The lowest BCUT2D eigenvalue weighted by Gasteiger charge is -2.34. The van der Waals surface area contributed by atoms with E-state index in [1.807, 2.05) is 35.2 Å². The van der Waals surface area contributed by atoms with Crippen LogP contribution in [0.1, 0.15) is 51.8 Å². The van der Waals surface area contributed by atoms with Crippen molar-refractivity contribution in [1.29, 1.82) is 0 Å². The van der Waals surface area contributed by atoms with E-state index < -0.39 is 0 Å². The van der Waals surface area contributed by atoms with Gasteiger partial charge in [-0.1, -0.05) is 30.3 Å². The highest BCUT2D eigenvalue weighted by molar-refractivity contribution is 5.78. The van der Waals surface area contributed by atoms with Gasteiger partial charge in [0, 0.05) is 38.0 Å². The van der Waals surface area contributed by atoms with Crippen LogP contribution in [0.2, 0.25) is 0 Å². The van der Waals surface area contributed by atoms with Crippen molar-refractivity contribution in [3.8, 4) is 11.4 Å². The van der Waals surface area contributed by atoms with Gasteiger partial charge in [0.15, 0.2) is 5.82 Å². The second-order valence-electron chi connectivity index (χ2n) is 9.40. The first-order valence-corrected chi connectivity index (χ1v) is 11.7. The Kier molecular flexibility index (Phi) is 6.89. The number of aromatic amines is 1. The lowest BCUT2D eigenvalue weighted by molar-refractivity contribution is -0.132. The molecule has 2 atom stereocenters. The van der Waals surface area contributed by atoms with E-state index in [2.05, 4.69) is 34.3 Å². The first-order valence-electron chi connectivity index (χ1n) is 11.7. The number of hydrogen-bond donors (Lipinski definition) is 2. The van der Waals surface area contributed by atoms with Crippen molar-refractivity contribution in [1.82, 2.24) is 30.3 Å². The van der Waals surface area contributed by atoms with Crippen LogP contribution in [0.25, 0.3) is 11.4 Å². The Morgan fingerprint density at radius 2 is 1.88 bits per heavy atom. The number of carbonyl (C=O) groups excluding carboxylic acids is 2. The number of nitrogens with zero attached hydrogens (tertiary/aromatic N) is 4. The molecule has 0 spiro atoms. The van der Waals surface area contributed by atoms with E-state index in [0.29, 0.717) is 43.1 Å². The van der Waals surface area contributed by atoms with Gasteiger partial charge >= 0.3 is 0 Å². The average molecular weight is 439 g/mol. The molecule has 2 fully saturated rings. The number of H-pyrrole nitrogens is 1. The summed E-state index contributed by atoms with van der Waals surface area (Å²) in [4.78, 5) is 34.0. The summed E-state index contributed by atoms with van der Waals surface area (Å²) in [5.74, 6) is 1.75. The van der Waals surface area contributed by atoms with E-state index in [-0.39, 0.29) is 23.8 Å². The summed E-state index contributed by atoms with van der Waals surface area (Å²) in [6, 6.07) is 10.2. The van der Waals surface area contributed by atoms with Crippen LogP contribution in [0.3, 0.4) is 0 Å². The number of aromatic nitrogens is 3. The van der Waals surface area contributed by atoms with Gasteiger partial charge in [0.1, 0.15) is 5.82 Å². The molecule has 8 nitrogen and oxygen atoms in total. The number of piperidine rings is 1. The zero-order valence-corrected chi connectivity index (χ0v) is 19.3. The number of hydrogen-bond acceptors (Lipinski definition) is 5. The summed E-state index contributed by atoms with van der Waals surface area (Å²) < 4.78 is 0. The second kappa shape index (κ2) is 9.81. The average Bonchev–Trinajstić information content (AvgIpc) is 3.42. The quantitative estimate of drug-likeness (QED) is 0.722. The summed E-state index contributed by atoms with van der Waals surface area (Å²) in [7, 11) is 0. The predicted molar refractivity (Wildman–Crippen MR) is 123 cm³/mol. The van der Waals surface area contributed by atoms with Crippen LogP contribution in [0, 0.1) is 5.92 Å². The molecule has 0 aliphatic carbocycles. The van der Waals surface area contributed by atoms with Gasteiger partial charge < -0.3 is 15.1 Å². The maximum Gasteiger partial charge on any atom is 0.222 e. The fourth-order valence-corrected chi connectivity index (χ4v) is 4.90. The Labute approximate surface area is 189 Å². The van der Waals surface area contributed by atoms with Gasteiger partial charge in [-0.15, -0.1) is 0 Å². The number of nitrogens with one attached hydrogen (secondary N) is 2. The van der Waals surface area contributed by atoms with Crippen molar-refractivity contribution in [2.45, 2.75) is 58.0 Å². The highest BCUT2D eigenvalue weighted by atomic mass is 16.2. The Balaban J connectivity index is 1.42. The first kappa shape index (κ1) is 22.5. The molecule has 0 bridgehead atoms. The number of carbonyl (C=O) groups is 2. The van der Waals surface area contributed by atoms with Crippen molar-refractivity contribution in [2.75, 3.05) is 26.2 Å². The number of likely N-dealkylation sites (tertiary alicyclic amines) is 2. The summed E-state index contributed by atoms with van der Waals surface area (Å²) >= 11 is 0. The van der Waals surface area contributed by atoms with Crippen LogP contribution in [0.15, 0.2) is 30.3 Å². The lowest BCUT2D eigenvalue weighted by Crippen LogP contribution is -2.41. The third kappa shape index (κ3) is 5.18. The lowest BCUT2D eigenvalue weighted by atomic mass is 9.92. The molecule has 1 aromatic carbocycles. The molecule has 172 valence electrons. The number of benzene rings is 1. The molecular weight excluding hydrogens is 404 g/mol. The molecule has 0 saturated carbocycles. The van der Waals surface area contributed by atoms with Gasteiger partial charge in [-0.05, 0) is 45.7 Å². The van der Waals surface area contributed by atoms with Gasteiger partial charge in [-0.25, -0.2) is 4.98 Å². The monoisotopic (exact) mass is 438 g/mol. The Morgan fingerprint density at radius 1 is 1.16 bits per heavy atom. The maximum atomic E-state index is 13.1. The van der Waals surface area contributed by atoms with Gasteiger partial charge in [-0.3, -0.25) is 14.7 Å². The predicted octanol–water partition coefficient (Wildman–Crippen LogP) is 2.41. The van der Waals surface area contributed by atoms with E-state index in [1.54, 1.807) is 0 Å². The van der Waals surface area contributed by atoms with Crippen molar-refractivity contribution in [3.63, 3.8) is 0 Å². The minimum atomic E-state index is -0.171. The molecule has 8 heteroatoms. The standard InChI is InChI=1S/C24H34N6O2/c1-16(2)29-11-9-18(10-12-29)13-22(32)30-14-20(21(15-30)25-17(3)31)24-26-23(27-28-24)19-7-5-4-6-8-19/h4-8,16,18,20-21H,9-15H2,1-3H3,(H,25,31)(H,26,27,28)/t20-,21-/m1/s1. The molecule has 1 aromatic heterocycles. The van der Waals surface area contributed by atoms with E-state index in [1.165, 1.54) is 6.92 Å². The summed E-state index contributed by atoms with van der Waals surface area (Å²) in [5.41, 5.74) is 0.935. The van der Waals surface area contributed by atoms with Crippen molar-refractivity contribution >= 4 is 11.8 Å². The summed E-state index contributed by atoms with van der Waals surface area (Å²) in [6.07, 6.45) is 2.72. The fraction of sp³-hybridized carbons (Fsp3) is 0.583. The molecule has 2 saturated heterocycles. The Morgan fingerprint density at radius 3 is 2.53 bits per heavy atom. The normalized spacial score (nSPS) is 22.4. The van der Waals surface area contributed by atoms with Crippen molar-refractivity contribution < 1.29 is 9.59 Å². The van der Waals surface area contributed by atoms with Crippen molar-refractivity contribution in [2.24, 2.45) is 5.92 Å². The largest absolute Gasteiger partial charge is 0.351 e. The van der Waals surface area contributed by atoms with Crippen LogP contribution in [-0.2, 0) is 9.59 Å². The highest BCUT2D eigenvalue weighted by Gasteiger charge is 2.39. The van der Waals surface area contributed by atoms with Crippen LogP contribution in [0.4, 0.5) is 0 Å². The SMILES string of the molecule is CC(=O)N[C@@H]1CN(C(=O)CC2CCN(C(C)C)CC2)C[C@H]1c1nc(-c2ccccc2)n[nH]1.